The van der Waals surface area contributed by atoms with Gasteiger partial charge in [0.25, 0.3) is 0 Å². The van der Waals surface area contributed by atoms with Crippen LogP contribution in [0.3, 0.4) is 0 Å². The molecular formula is C41H71BN8O10S. The molecule has 0 heterocycles. The number of nitrogens with zero attached hydrogens (tertiary/aromatic N) is 1. The maximum absolute atomic E-state index is 12.4. The standard InChI is InChI=1S/C19H26BN3O5S.C14H27N3O.C8H18N2O4/c1-11(2)17(23-15(24)8-12(3)29)18(26)21-9-16(25)22-14-6-4-13(5-7-14)10-28-19(20)27;1-14(2,7-8-18)17(16)13-6-4-11-9-10(11)3-5-12(13)15;1-12-8(11)10-3-5-14-7-6-13-4-2-9/h4-7,11-12,17,29H,8-10H2,1-3H3,(H,21,26)(H,22,25)(H,23,24);10-11,18H,3-9,15-16H2,1-2H3;2-7,9H2,1H3,(H,10,11)/b;13-12-;. The molecule has 0 aromatic heterocycles. The molecule has 4 unspecified atom stereocenters. The van der Waals surface area contributed by atoms with Gasteiger partial charge in [-0.15, -0.1) is 0 Å². The summed E-state index contributed by atoms with van der Waals surface area (Å²) in [6.45, 7) is 12.4. The van der Waals surface area contributed by atoms with Crippen LogP contribution in [0.5, 0.6) is 0 Å². The summed E-state index contributed by atoms with van der Waals surface area (Å²) < 4.78 is 19.2. The second-order valence-electron chi connectivity index (χ2n) is 15.8. The highest BCUT2D eigenvalue weighted by molar-refractivity contribution is 7.80. The third kappa shape index (κ3) is 24.2. The van der Waals surface area contributed by atoms with Crippen molar-refractivity contribution < 1.29 is 48.0 Å². The molecule has 1 aromatic carbocycles. The van der Waals surface area contributed by atoms with E-state index in [-0.39, 0.29) is 48.8 Å². The second kappa shape index (κ2) is 30.1. The molecule has 0 bridgehead atoms. The molecule has 1 aromatic rings. The van der Waals surface area contributed by atoms with Crippen LogP contribution < -0.4 is 38.6 Å². The molecular weight excluding hydrogens is 807 g/mol. The minimum absolute atomic E-state index is 0.0356. The van der Waals surface area contributed by atoms with E-state index in [9.17, 15) is 24.0 Å². The average molecular weight is 879 g/mol. The number of hydrogen-bond donors (Lipinski definition) is 9. The zero-order valence-corrected chi connectivity index (χ0v) is 37.7. The lowest BCUT2D eigenvalue weighted by Gasteiger charge is -2.39. The van der Waals surface area contributed by atoms with Crippen molar-refractivity contribution >= 4 is 55.8 Å². The van der Waals surface area contributed by atoms with E-state index in [0.29, 0.717) is 57.2 Å². The summed E-state index contributed by atoms with van der Waals surface area (Å²) in [6.07, 6.45) is 6.17. The molecule has 20 heteroatoms. The van der Waals surface area contributed by atoms with Gasteiger partial charge in [0.15, 0.2) is 0 Å². The summed E-state index contributed by atoms with van der Waals surface area (Å²) in [6, 6.07) is 5.87. The van der Waals surface area contributed by atoms with Gasteiger partial charge in [-0.3, -0.25) is 19.2 Å². The van der Waals surface area contributed by atoms with Crippen LogP contribution >= 0.6 is 12.6 Å². The molecule has 1 fully saturated rings. The SMILES string of the molecule is CC(C)(CCO)N(N)/C1=C(\N)CCC2CC2CC1.COC(=O)NCCOCCOCCN.[B]C(=O)OCc1ccc(NC(=O)CNC(=O)C(NC(=O)CC(C)S)C(C)C)cc1. The Kier molecular flexibility index (Phi) is 27.1. The smallest absolute Gasteiger partial charge is 0.406 e. The minimum atomic E-state index is -0.867. The Morgan fingerprint density at radius 1 is 0.967 bits per heavy atom. The predicted octanol–water partition coefficient (Wildman–Crippen LogP) is 2.43. The van der Waals surface area contributed by atoms with E-state index in [2.05, 4.69) is 57.2 Å². The lowest BCUT2D eigenvalue weighted by molar-refractivity contribution is -0.130. The molecule has 2 radical (unpaired) electrons. The van der Waals surface area contributed by atoms with Gasteiger partial charge in [-0.2, -0.15) is 12.6 Å². The summed E-state index contributed by atoms with van der Waals surface area (Å²) >= 11 is 4.16. The molecule has 0 saturated heterocycles. The quantitative estimate of drug-likeness (QED) is 0.0266. The van der Waals surface area contributed by atoms with Crippen LogP contribution in [0.25, 0.3) is 0 Å². The summed E-state index contributed by atoms with van der Waals surface area (Å²) in [7, 11) is 6.22. The fraction of sp³-hybridized carbons (Fsp3) is 0.683. The molecule has 4 amide bonds. The molecule has 344 valence electrons. The number of nitrogens with one attached hydrogen (secondary N) is 4. The maximum atomic E-state index is 12.4. The number of carbonyl (C=O) groups excluding carboxylic acids is 5. The largest absolute Gasteiger partial charge is 0.470 e. The number of aliphatic hydroxyl groups is 1. The number of nitrogens with two attached hydrogens (primary N) is 3. The monoisotopic (exact) mass is 879 g/mol. The highest BCUT2D eigenvalue weighted by atomic mass is 32.1. The summed E-state index contributed by atoms with van der Waals surface area (Å²) in [5.74, 6) is 5.95. The summed E-state index contributed by atoms with van der Waals surface area (Å²) in [5.41, 5.74) is 14.5. The molecule has 3 rings (SSSR count). The zero-order chi connectivity index (χ0) is 46.0. The number of allylic oxidation sites excluding steroid dienone is 2. The first-order chi connectivity index (χ1) is 28.8. The van der Waals surface area contributed by atoms with Gasteiger partial charge < -0.3 is 61.8 Å². The Balaban J connectivity index is 0.000000496. The molecule has 61 heavy (non-hydrogen) atoms. The molecule has 2 aliphatic rings. The Labute approximate surface area is 368 Å². The third-order valence-electron chi connectivity index (χ3n) is 9.77. The molecule has 2 aliphatic carbocycles. The van der Waals surface area contributed by atoms with E-state index in [0.717, 1.165) is 36.1 Å². The number of amides is 4. The number of thiol groups is 1. The number of rotatable bonds is 22. The van der Waals surface area contributed by atoms with Gasteiger partial charge in [-0.05, 0) is 87.8 Å². The Morgan fingerprint density at radius 2 is 1.59 bits per heavy atom. The molecule has 4 atom stereocenters. The van der Waals surface area contributed by atoms with E-state index in [1.807, 2.05) is 0 Å². The summed E-state index contributed by atoms with van der Waals surface area (Å²) in [5, 5.41) is 21.2. The number of anilines is 1. The lowest BCUT2D eigenvalue weighted by Crippen LogP contribution is -2.51. The van der Waals surface area contributed by atoms with Gasteiger partial charge in [-0.25, -0.2) is 10.6 Å². The van der Waals surface area contributed by atoms with Crippen LogP contribution in [-0.4, -0.2) is 124 Å². The van der Waals surface area contributed by atoms with Crippen molar-refractivity contribution in [2.75, 3.05) is 65.1 Å². The average Bonchev–Trinajstić information content (AvgIpc) is 3.95. The van der Waals surface area contributed by atoms with Gasteiger partial charge in [0.1, 0.15) is 12.6 Å². The van der Waals surface area contributed by atoms with Crippen LogP contribution in [0.15, 0.2) is 35.7 Å². The minimum Gasteiger partial charge on any atom is -0.470 e. The normalized spacial score (nSPS) is 17.8. The van der Waals surface area contributed by atoms with E-state index < -0.39 is 29.8 Å². The number of fused-ring (bicyclic) bond motifs is 1. The predicted molar refractivity (Wildman–Crippen MR) is 238 cm³/mol. The van der Waals surface area contributed by atoms with Crippen molar-refractivity contribution in [2.45, 2.75) is 103 Å². The summed E-state index contributed by atoms with van der Waals surface area (Å²) in [4.78, 5) is 57.5. The van der Waals surface area contributed by atoms with Crippen molar-refractivity contribution in [3.05, 3.63) is 41.2 Å². The fourth-order valence-electron chi connectivity index (χ4n) is 6.08. The number of ether oxygens (including phenoxy) is 4. The maximum Gasteiger partial charge on any atom is 0.406 e. The van der Waals surface area contributed by atoms with Crippen molar-refractivity contribution in [3.8, 4) is 0 Å². The van der Waals surface area contributed by atoms with E-state index in [1.165, 1.54) is 26.4 Å². The third-order valence-corrected chi connectivity index (χ3v) is 9.95. The molecule has 1 saturated carbocycles. The first-order valence-corrected chi connectivity index (χ1v) is 21.2. The molecule has 11 N–H and O–H groups in total. The van der Waals surface area contributed by atoms with Gasteiger partial charge in [-0.1, -0.05) is 32.9 Å². The zero-order valence-electron chi connectivity index (χ0n) is 36.8. The topological polar surface area (TPSA) is 272 Å². The first-order valence-electron chi connectivity index (χ1n) is 20.7. The number of hydrogen-bond acceptors (Lipinski definition) is 15. The highest BCUT2D eigenvalue weighted by Crippen LogP contribution is 2.48. The van der Waals surface area contributed by atoms with E-state index >= 15 is 0 Å². The number of aliphatic hydroxyl groups excluding tert-OH is 1. The second-order valence-corrected chi connectivity index (χ2v) is 16.7. The Bertz CT molecular complexity index is 1520. The van der Waals surface area contributed by atoms with Crippen molar-refractivity contribution in [3.63, 3.8) is 0 Å². The van der Waals surface area contributed by atoms with Crippen molar-refractivity contribution in [1.29, 1.82) is 0 Å². The number of benzene rings is 1. The van der Waals surface area contributed by atoms with E-state index in [1.54, 1.807) is 50.0 Å². The van der Waals surface area contributed by atoms with Crippen molar-refractivity contribution in [2.24, 2.45) is 35.1 Å². The Morgan fingerprint density at radius 3 is 2.15 bits per heavy atom. The number of hydrazine groups is 1. The van der Waals surface area contributed by atoms with E-state index in [4.69, 9.17) is 39.7 Å². The van der Waals surface area contributed by atoms with Crippen LogP contribution in [0, 0.1) is 17.8 Å². The van der Waals surface area contributed by atoms with Crippen LogP contribution in [0.4, 0.5) is 15.3 Å². The molecule has 18 nitrogen and oxygen atoms in total. The number of alkyl carbamates (subject to hydrolysis) is 1. The first kappa shape index (κ1) is 54.9. The fourth-order valence-corrected chi connectivity index (χ4v) is 6.25. The van der Waals surface area contributed by atoms with Crippen LogP contribution in [0.1, 0.15) is 85.1 Å². The lowest BCUT2D eigenvalue weighted by atomic mass is 9.95. The highest BCUT2D eigenvalue weighted by Gasteiger charge is 2.38. The number of methoxy groups -OCH3 is 1. The van der Waals surface area contributed by atoms with Crippen molar-refractivity contribution in [1.82, 2.24) is 21.0 Å². The van der Waals surface area contributed by atoms with Gasteiger partial charge in [0, 0.05) is 48.4 Å². The van der Waals surface area contributed by atoms with Crippen LogP contribution in [0.2, 0.25) is 0 Å². The molecule has 0 aliphatic heterocycles. The number of carbonyl (C=O) groups is 5. The van der Waals surface area contributed by atoms with Gasteiger partial charge in [0.2, 0.25) is 31.4 Å². The Hall–Kier alpha value is -4.08. The van der Waals surface area contributed by atoms with Gasteiger partial charge >= 0.3 is 6.09 Å². The van der Waals surface area contributed by atoms with Gasteiger partial charge in [0.05, 0.1) is 45.6 Å². The molecule has 0 spiro atoms. The van der Waals surface area contributed by atoms with Crippen LogP contribution in [-0.2, 0) is 39.9 Å².